The van der Waals surface area contributed by atoms with Gasteiger partial charge in [-0.2, -0.15) is 0 Å². The normalized spacial score (nSPS) is 10.8. The van der Waals surface area contributed by atoms with Crippen molar-refractivity contribution in [3.05, 3.63) is 58.9 Å². The summed E-state index contributed by atoms with van der Waals surface area (Å²) in [6.45, 7) is 0.742. The van der Waals surface area contributed by atoms with Gasteiger partial charge in [-0.3, -0.25) is 0 Å². The first-order valence-corrected chi connectivity index (χ1v) is 9.00. The Labute approximate surface area is 155 Å². The largest absolute Gasteiger partial charge is 0.497 e. The van der Waals surface area contributed by atoms with E-state index >= 15 is 0 Å². The monoisotopic (exact) mass is 366 g/mol. The van der Waals surface area contributed by atoms with Crippen LogP contribution in [0.5, 0.6) is 11.5 Å². The zero-order valence-corrected chi connectivity index (χ0v) is 15.3. The van der Waals surface area contributed by atoms with Gasteiger partial charge in [-0.1, -0.05) is 6.07 Å². The van der Waals surface area contributed by atoms with Crippen LogP contribution in [-0.2, 0) is 6.54 Å². The lowest BCUT2D eigenvalue weighted by Crippen LogP contribution is -2.04. The van der Waals surface area contributed by atoms with Crippen LogP contribution in [0.1, 0.15) is 4.88 Å². The second-order valence-electron chi connectivity index (χ2n) is 5.63. The number of fused-ring (bicyclic) bond motifs is 1. The molecule has 0 fully saturated rings. The number of nitrogens with one attached hydrogen (secondary N) is 1. The Bertz CT molecular complexity index is 1030. The number of imidazole rings is 1. The van der Waals surface area contributed by atoms with Crippen molar-refractivity contribution in [3.8, 4) is 22.8 Å². The van der Waals surface area contributed by atoms with Gasteiger partial charge in [-0.05, 0) is 35.7 Å². The van der Waals surface area contributed by atoms with Crippen molar-refractivity contribution in [2.24, 2.45) is 0 Å². The fourth-order valence-electron chi connectivity index (χ4n) is 2.75. The predicted octanol–water partition coefficient (Wildman–Crippen LogP) is 4.09. The van der Waals surface area contributed by atoms with Gasteiger partial charge >= 0.3 is 0 Å². The lowest BCUT2D eigenvalue weighted by molar-refractivity contribution is 0.395. The first kappa shape index (κ1) is 16.4. The molecule has 7 heteroatoms. The highest BCUT2D eigenvalue weighted by Gasteiger charge is 2.13. The predicted molar refractivity (Wildman–Crippen MR) is 103 cm³/mol. The molecule has 0 atom stereocenters. The summed E-state index contributed by atoms with van der Waals surface area (Å²) < 4.78 is 12.6. The van der Waals surface area contributed by atoms with Crippen molar-refractivity contribution >= 4 is 22.8 Å². The number of hydrogen-bond acceptors (Lipinski definition) is 6. The number of aromatic nitrogens is 3. The summed E-state index contributed by atoms with van der Waals surface area (Å²) in [5.74, 6) is 2.24. The van der Waals surface area contributed by atoms with E-state index in [1.54, 1.807) is 31.8 Å². The Morgan fingerprint density at radius 3 is 2.81 bits per heavy atom. The van der Waals surface area contributed by atoms with Gasteiger partial charge in [-0.15, -0.1) is 16.4 Å². The summed E-state index contributed by atoms with van der Waals surface area (Å²) in [5, 5.41) is 10.1. The second-order valence-corrected chi connectivity index (χ2v) is 6.66. The van der Waals surface area contributed by atoms with E-state index < -0.39 is 0 Å². The zero-order chi connectivity index (χ0) is 17.9. The summed E-state index contributed by atoms with van der Waals surface area (Å²) in [4.78, 5) is 5.71. The summed E-state index contributed by atoms with van der Waals surface area (Å²) >= 11 is 1.72. The molecule has 4 aromatic rings. The average Bonchev–Trinajstić information content (AvgIpc) is 3.35. The Morgan fingerprint density at radius 1 is 1.12 bits per heavy atom. The first-order chi connectivity index (χ1) is 12.8. The molecule has 3 aromatic heterocycles. The van der Waals surface area contributed by atoms with E-state index in [2.05, 4.69) is 26.8 Å². The SMILES string of the molecule is COc1ccc(-c2cnc3ccc(NCc4cccs4)nn23)c(OC)c1. The van der Waals surface area contributed by atoms with Crippen LogP contribution in [0.2, 0.25) is 0 Å². The van der Waals surface area contributed by atoms with Crippen molar-refractivity contribution in [1.82, 2.24) is 14.6 Å². The van der Waals surface area contributed by atoms with E-state index in [4.69, 9.17) is 9.47 Å². The van der Waals surface area contributed by atoms with Gasteiger partial charge in [0.05, 0.1) is 32.7 Å². The molecule has 0 saturated heterocycles. The van der Waals surface area contributed by atoms with Crippen LogP contribution in [0, 0.1) is 0 Å². The van der Waals surface area contributed by atoms with Crippen LogP contribution in [0.25, 0.3) is 16.9 Å². The molecule has 0 amide bonds. The van der Waals surface area contributed by atoms with Crippen molar-refractivity contribution in [3.63, 3.8) is 0 Å². The summed E-state index contributed by atoms with van der Waals surface area (Å²) in [5.41, 5.74) is 2.54. The van der Waals surface area contributed by atoms with Crippen LogP contribution >= 0.6 is 11.3 Å². The standard InChI is InChI=1S/C19H18N4O2S/c1-24-13-5-6-15(17(10-13)25-2)16-12-21-19-8-7-18(22-23(16)19)20-11-14-4-3-9-26-14/h3-10,12H,11H2,1-2H3,(H,20,22). The molecule has 1 aromatic carbocycles. The number of rotatable bonds is 6. The van der Waals surface area contributed by atoms with Gasteiger partial charge in [0, 0.05) is 16.5 Å². The Balaban J connectivity index is 1.70. The number of ether oxygens (including phenoxy) is 2. The molecule has 26 heavy (non-hydrogen) atoms. The third-order valence-electron chi connectivity index (χ3n) is 4.07. The summed E-state index contributed by atoms with van der Waals surface area (Å²) in [7, 11) is 3.28. The molecule has 0 aliphatic rings. The molecule has 0 bridgehead atoms. The first-order valence-electron chi connectivity index (χ1n) is 8.12. The molecular formula is C19H18N4O2S. The van der Waals surface area contributed by atoms with E-state index in [0.29, 0.717) is 5.75 Å². The molecule has 0 aliphatic carbocycles. The van der Waals surface area contributed by atoms with Crippen LogP contribution < -0.4 is 14.8 Å². The minimum Gasteiger partial charge on any atom is -0.497 e. The summed E-state index contributed by atoms with van der Waals surface area (Å²) in [6.07, 6.45) is 1.80. The van der Waals surface area contributed by atoms with Crippen molar-refractivity contribution in [1.29, 1.82) is 0 Å². The molecule has 0 spiro atoms. The second kappa shape index (κ2) is 7.05. The average molecular weight is 366 g/mol. The fourth-order valence-corrected chi connectivity index (χ4v) is 3.40. The molecule has 0 unspecified atom stereocenters. The number of anilines is 1. The van der Waals surface area contributed by atoms with Gasteiger partial charge < -0.3 is 14.8 Å². The fraction of sp³-hybridized carbons (Fsp3) is 0.158. The quantitative estimate of drug-likeness (QED) is 0.557. The van der Waals surface area contributed by atoms with Gasteiger partial charge in [0.2, 0.25) is 0 Å². The van der Waals surface area contributed by atoms with Gasteiger partial charge in [-0.25, -0.2) is 9.50 Å². The molecule has 6 nitrogen and oxygen atoms in total. The van der Waals surface area contributed by atoms with Crippen LogP contribution in [0.15, 0.2) is 54.0 Å². The highest BCUT2D eigenvalue weighted by atomic mass is 32.1. The molecule has 132 valence electrons. The lowest BCUT2D eigenvalue weighted by atomic mass is 10.1. The smallest absolute Gasteiger partial charge is 0.154 e. The van der Waals surface area contributed by atoms with Gasteiger partial charge in [0.1, 0.15) is 17.3 Å². The zero-order valence-electron chi connectivity index (χ0n) is 14.5. The van der Waals surface area contributed by atoms with E-state index in [-0.39, 0.29) is 0 Å². The Morgan fingerprint density at radius 2 is 2.04 bits per heavy atom. The van der Waals surface area contributed by atoms with Crippen molar-refractivity contribution in [2.75, 3.05) is 19.5 Å². The molecule has 0 saturated carbocycles. The highest BCUT2D eigenvalue weighted by Crippen LogP contribution is 2.33. The minimum atomic E-state index is 0.713. The topological polar surface area (TPSA) is 60.7 Å². The minimum absolute atomic E-state index is 0.713. The third-order valence-corrected chi connectivity index (χ3v) is 4.95. The molecule has 0 aliphatic heterocycles. The van der Waals surface area contributed by atoms with Gasteiger partial charge in [0.25, 0.3) is 0 Å². The van der Waals surface area contributed by atoms with Crippen LogP contribution in [0.3, 0.4) is 0 Å². The maximum absolute atomic E-state index is 5.52. The van der Waals surface area contributed by atoms with E-state index in [1.807, 2.05) is 40.9 Å². The number of benzene rings is 1. The maximum atomic E-state index is 5.52. The number of thiophene rings is 1. The van der Waals surface area contributed by atoms with Crippen molar-refractivity contribution in [2.45, 2.75) is 6.54 Å². The van der Waals surface area contributed by atoms with E-state index in [1.165, 1.54) is 4.88 Å². The third kappa shape index (κ3) is 3.09. The van der Waals surface area contributed by atoms with Gasteiger partial charge in [0.15, 0.2) is 5.65 Å². The lowest BCUT2D eigenvalue weighted by Gasteiger charge is -2.10. The Hall–Kier alpha value is -3.06. The molecule has 1 N–H and O–H groups in total. The van der Waals surface area contributed by atoms with Crippen LogP contribution in [0.4, 0.5) is 5.82 Å². The molecule has 4 rings (SSSR count). The highest BCUT2D eigenvalue weighted by molar-refractivity contribution is 7.09. The molecule has 3 heterocycles. The molecule has 0 radical (unpaired) electrons. The van der Waals surface area contributed by atoms with E-state index in [9.17, 15) is 0 Å². The van der Waals surface area contributed by atoms with Crippen LogP contribution in [-0.4, -0.2) is 28.8 Å². The number of methoxy groups -OCH3 is 2. The maximum Gasteiger partial charge on any atom is 0.154 e. The number of hydrogen-bond donors (Lipinski definition) is 1. The Kier molecular flexibility index (Phi) is 4.45. The van der Waals surface area contributed by atoms with Crippen molar-refractivity contribution < 1.29 is 9.47 Å². The molecular weight excluding hydrogens is 348 g/mol. The summed E-state index contributed by atoms with van der Waals surface area (Å²) in [6, 6.07) is 13.7. The van der Waals surface area contributed by atoms with E-state index in [0.717, 1.165) is 35.0 Å². The number of nitrogens with zero attached hydrogens (tertiary/aromatic N) is 3.